The van der Waals surface area contributed by atoms with E-state index in [0.717, 1.165) is 25.7 Å². The zero-order chi connectivity index (χ0) is 15.5. The van der Waals surface area contributed by atoms with Crippen molar-refractivity contribution in [1.29, 1.82) is 0 Å². The third-order valence-corrected chi connectivity index (χ3v) is 4.35. The number of carbonyl (C=O) groups excluding carboxylic acids is 1. The number of rotatable bonds is 3. The normalized spacial score (nSPS) is 15.7. The van der Waals surface area contributed by atoms with E-state index in [9.17, 15) is 4.79 Å². The average molecular weight is 340 g/mol. The van der Waals surface area contributed by atoms with E-state index < -0.39 is 0 Å². The van der Waals surface area contributed by atoms with Gasteiger partial charge in [-0.15, -0.1) is 5.10 Å². The van der Waals surface area contributed by atoms with E-state index in [2.05, 4.69) is 15.5 Å². The summed E-state index contributed by atoms with van der Waals surface area (Å²) in [5.41, 5.74) is 0.542. The highest BCUT2D eigenvalue weighted by Gasteiger charge is 2.23. The lowest BCUT2D eigenvalue weighted by Crippen LogP contribution is -2.24. The maximum atomic E-state index is 12.1. The molecule has 0 unspecified atom stereocenters. The van der Waals surface area contributed by atoms with Gasteiger partial charge in [-0.2, -0.15) is 0 Å². The summed E-state index contributed by atoms with van der Waals surface area (Å²) in [7, 11) is 0. The maximum Gasteiger partial charge on any atom is 0.322 e. The van der Waals surface area contributed by atoms with E-state index in [1.807, 2.05) is 0 Å². The molecule has 0 bridgehead atoms. The van der Waals surface area contributed by atoms with Crippen molar-refractivity contribution in [2.75, 3.05) is 5.32 Å². The van der Waals surface area contributed by atoms with E-state index in [1.54, 1.807) is 18.2 Å². The summed E-state index contributed by atoms with van der Waals surface area (Å²) >= 11 is 12.0. The van der Waals surface area contributed by atoms with Crippen LogP contribution in [0.5, 0.6) is 0 Å². The van der Waals surface area contributed by atoms with Gasteiger partial charge in [0.05, 0.1) is 10.6 Å². The Morgan fingerprint density at radius 1 is 1.18 bits per heavy atom. The number of hydrogen-bond acceptors (Lipinski definition) is 4. The lowest BCUT2D eigenvalue weighted by molar-refractivity contribution is -0.120. The molecule has 1 aliphatic carbocycles. The Kier molecular flexibility index (Phi) is 4.64. The fourth-order valence-electron chi connectivity index (χ4n) is 2.62. The molecule has 1 heterocycles. The molecule has 3 rings (SSSR count). The van der Waals surface area contributed by atoms with Crippen molar-refractivity contribution in [1.82, 2.24) is 10.2 Å². The van der Waals surface area contributed by atoms with E-state index in [-0.39, 0.29) is 23.7 Å². The van der Waals surface area contributed by atoms with Crippen LogP contribution in [0.1, 0.15) is 32.1 Å². The molecule has 116 valence electrons. The van der Waals surface area contributed by atoms with E-state index in [4.69, 9.17) is 27.6 Å². The Bertz CT molecular complexity index is 681. The SMILES string of the molecule is O=C(Nc1nnc(-c2cc(Cl)ccc2Cl)o1)C1CCCCC1. The second-order valence-electron chi connectivity index (χ2n) is 5.36. The van der Waals surface area contributed by atoms with E-state index in [0.29, 0.717) is 15.6 Å². The molecule has 1 fully saturated rings. The third kappa shape index (κ3) is 3.42. The first kappa shape index (κ1) is 15.3. The van der Waals surface area contributed by atoms with Crippen LogP contribution in [0.2, 0.25) is 10.0 Å². The number of amides is 1. The van der Waals surface area contributed by atoms with Crippen molar-refractivity contribution in [3.05, 3.63) is 28.2 Å². The highest BCUT2D eigenvalue weighted by atomic mass is 35.5. The molecule has 1 N–H and O–H groups in total. The topological polar surface area (TPSA) is 68.0 Å². The lowest BCUT2D eigenvalue weighted by atomic mass is 9.89. The van der Waals surface area contributed by atoms with Gasteiger partial charge in [0.1, 0.15) is 0 Å². The van der Waals surface area contributed by atoms with Crippen LogP contribution in [0.4, 0.5) is 6.01 Å². The first-order chi connectivity index (χ1) is 10.6. The standard InChI is InChI=1S/C15H15Cl2N3O2/c16-10-6-7-12(17)11(8-10)14-19-20-15(22-14)18-13(21)9-4-2-1-3-5-9/h6-9H,1-5H2,(H,18,20,21). The number of halogens is 2. The molecule has 1 saturated carbocycles. The monoisotopic (exact) mass is 339 g/mol. The van der Waals surface area contributed by atoms with Crippen LogP contribution in [-0.4, -0.2) is 16.1 Å². The molecule has 1 aliphatic rings. The van der Waals surface area contributed by atoms with Gasteiger partial charge < -0.3 is 4.42 Å². The molecule has 1 aromatic carbocycles. The predicted molar refractivity (Wildman–Crippen MR) is 85.0 cm³/mol. The average Bonchev–Trinajstić information content (AvgIpc) is 2.99. The molecule has 2 aromatic rings. The zero-order valence-corrected chi connectivity index (χ0v) is 13.3. The molecule has 22 heavy (non-hydrogen) atoms. The second-order valence-corrected chi connectivity index (χ2v) is 6.20. The summed E-state index contributed by atoms with van der Waals surface area (Å²) in [5.74, 6) is 0.192. The molecular formula is C15H15Cl2N3O2. The van der Waals surface area contributed by atoms with Crippen molar-refractivity contribution in [2.24, 2.45) is 5.92 Å². The van der Waals surface area contributed by atoms with Gasteiger partial charge in [-0.25, -0.2) is 0 Å². The van der Waals surface area contributed by atoms with Crippen LogP contribution in [0.15, 0.2) is 22.6 Å². The predicted octanol–water partition coefficient (Wildman–Crippen LogP) is 4.56. The largest absolute Gasteiger partial charge is 0.403 e. The Labute approximate surface area is 138 Å². The minimum atomic E-state index is -0.0629. The number of carbonyl (C=O) groups is 1. The molecule has 0 saturated heterocycles. The lowest BCUT2D eigenvalue weighted by Gasteiger charge is -2.19. The van der Waals surface area contributed by atoms with Gasteiger partial charge in [-0.1, -0.05) is 47.6 Å². The maximum absolute atomic E-state index is 12.1. The quantitative estimate of drug-likeness (QED) is 0.889. The minimum absolute atomic E-state index is 0.0267. The number of nitrogens with one attached hydrogen (secondary N) is 1. The van der Waals surface area contributed by atoms with Gasteiger partial charge in [0.15, 0.2) is 0 Å². The fourth-order valence-corrected chi connectivity index (χ4v) is 2.99. The second kappa shape index (κ2) is 6.67. The third-order valence-electron chi connectivity index (χ3n) is 3.79. The molecule has 1 aromatic heterocycles. The molecule has 0 aliphatic heterocycles. The van der Waals surface area contributed by atoms with Crippen LogP contribution in [0, 0.1) is 5.92 Å². The van der Waals surface area contributed by atoms with Crippen molar-refractivity contribution >= 4 is 35.1 Å². The smallest absolute Gasteiger partial charge is 0.322 e. The van der Waals surface area contributed by atoms with Gasteiger partial charge in [-0.05, 0) is 31.0 Å². The van der Waals surface area contributed by atoms with E-state index in [1.165, 1.54) is 6.42 Å². The Balaban J connectivity index is 1.73. The summed E-state index contributed by atoms with van der Waals surface area (Å²) in [6, 6.07) is 5.06. The molecular weight excluding hydrogens is 325 g/mol. The van der Waals surface area contributed by atoms with Crippen molar-refractivity contribution < 1.29 is 9.21 Å². The fraction of sp³-hybridized carbons (Fsp3) is 0.400. The van der Waals surface area contributed by atoms with Crippen molar-refractivity contribution in [3.8, 4) is 11.5 Å². The summed E-state index contributed by atoms with van der Waals surface area (Å²) in [5, 5.41) is 11.4. The van der Waals surface area contributed by atoms with Crippen LogP contribution in [-0.2, 0) is 4.79 Å². The highest BCUT2D eigenvalue weighted by Crippen LogP contribution is 2.31. The number of nitrogens with zero attached hydrogens (tertiary/aromatic N) is 2. The number of anilines is 1. The molecule has 0 spiro atoms. The Hall–Kier alpha value is -1.59. The molecule has 0 atom stereocenters. The van der Waals surface area contributed by atoms with Gasteiger partial charge in [0.25, 0.3) is 5.89 Å². The van der Waals surface area contributed by atoms with Gasteiger partial charge in [0.2, 0.25) is 5.91 Å². The summed E-state index contributed by atoms with van der Waals surface area (Å²) in [6.45, 7) is 0. The Morgan fingerprint density at radius 2 is 1.95 bits per heavy atom. The highest BCUT2D eigenvalue weighted by molar-refractivity contribution is 6.35. The number of benzene rings is 1. The van der Waals surface area contributed by atoms with Gasteiger partial charge >= 0.3 is 6.01 Å². The van der Waals surface area contributed by atoms with Crippen molar-refractivity contribution in [2.45, 2.75) is 32.1 Å². The Morgan fingerprint density at radius 3 is 2.73 bits per heavy atom. The van der Waals surface area contributed by atoms with Crippen LogP contribution in [0.25, 0.3) is 11.5 Å². The summed E-state index contributed by atoms with van der Waals surface area (Å²) in [6.07, 6.45) is 5.19. The summed E-state index contributed by atoms with van der Waals surface area (Å²) in [4.78, 5) is 12.1. The number of aromatic nitrogens is 2. The van der Waals surface area contributed by atoms with Crippen LogP contribution >= 0.6 is 23.2 Å². The van der Waals surface area contributed by atoms with Crippen molar-refractivity contribution in [3.63, 3.8) is 0 Å². The molecule has 7 heteroatoms. The summed E-state index contributed by atoms with van der Waals surface area (Å²) < 4.78 is 5.47. The first-order valence-electron chi connectivity index (χ1n) is 7.23. The van der Waals surface area contributed by atoms with Gasteiger partial charge in [0, 0.05) is 10.9 Å². The van der Waals surface area contributed by atoms with Crippen LogP contribution < -0.4 is 5.32 Å². The molecule has 5 nitrogen and oxygen atoms in total. The minimum Gasteiger partial charge on any atom is -0.403 e. The molecule has 0 radical (unpaired) electrons. The first-order valence-corrected chi connectivity index (χ1v) is 7.99. The number of hydrogen-bond donors (Lipinski definition) is 1. The van der Waals surface area contributed by atoms with E-state index >= 15 is 0 Å². The van der Waals surface area contributed by atoms with Gasteiger partial charge in [-0.3, -0.25) is 10.1 Å². The zero-order valence-electron chi connectivity index (χ0n) is 11.8. The van der Waals surface area contributed by atoms with Crippen LogP contribution in [0.3, 0.4) is 0 Å². The molecule has 1 amide bonds.